The maximum atomic E-state index is 12.9. The average molecular weight is 434 g/mol. The third-order valence-electron chi connectivity index (χ3n) is 4.95. The van der Waals surface area contributed by atoms with Crippen molar-refractivity contribution in [1.82, 2.24) is 0 Å². The number of esters is 1. The number of hydrogen-bond acceptors (Lipinski definition) is 8. The predicted octanol–water partition coefficient (Wildman–Crippen LogP) is 3.08. The summed E-state index contributed by atoms with van der Waals surface area (Å²) in [6.45, 7) is 3.76. The number of cyclic esters (lactones) is 1. The summed E-state index contributed by atoms with van der Waals surface area (Å²) < 4.78 is 33.3. The summed E-state index contributed by atoms with van der Waals surface area (Å²) in [4.78, 5) is 12.9. The van der Waals surface area contributed by atoms with E-state index in [1.165, 1.54) is 14.2 Å². The van der Waals surface area contributed by atoms with E-state index in [4.69, 9.17) is 28.4 Å². The normalized spacial score (nSPS) is 27.9. The minimum absolute atomic E-state index is 0.0265. The molecule has 0 bridgehead atoms. The van der Waals surface area contributed by atoms with Crippen molar-refractivity contribution < 1.29 is 38.3 Å². The quantitative estimate of drug-likeness (QED) is 0.439. The van der Waals surface area contributed by atoms with Gasteiger partial charge in [-0.1, -0.05) is 24.3 Å². The Kier molecular flexibility index (Phi) is 7.72. The third kappa shape index (κ3) is 5.86. The van der Waals surface area contributed by atoms with Crippen LogP contribution in [0.4, 0.5) is 0 Å². The first kappa shape index (κ1) is 23.3. The van der Waals surface area contributed by atoms with Gasteiger partial charge in [-0.3, -0.25) is 0 Å². The fourth-order valence-corrected chi connectivity index (χ4v) is 3.62. The number of aliphatic hydroxyl groups is 1. The Bertz CT molecular complexity index is 829. The molecule has 8 heteroatoms. The molecule has 0 spiro atoms. The van der Waals surface area contributed by atoms with Crippen LogP contribution in [0.1, 0.15) is 42.6 Å². The third-order valence-corrected chi connectivity index (χ3v) is 4.95. The van der Waals surface area contributed by atoms with E-state index < -0.39 is 24.0 Å². The molecule has 1 N–H and O–H groups in total. The van der Waals surface area contributed by atoms with Gasteiger partial charge in [0, 0.05) is 13.2 Å². The highest BCUT2D eigenvalue weighted by molar-refractivity contribution is 5.97. The van der Waals surface area contributed by atoms with E-state index in [-0.39, 0.29) is 25.1 Å². The van der Waals surface area contributed by atoms with E-state index in [1.54, 1.807) is 30.4 Å². The summed E-state index contributed by atoms with van der Waals surface area (Å²) in [7, 11) is 3.04. The van der Waals surface area contributed by atoms with Gasteiger partial charge in [0.05, 0.1) is 19.8 Å². The van der Waals surface area contributed by atoms with Gasteiger partial charge in [0.2, 0.25) is 0 Å². The first-order chi connectivity index (χ1) is 14.8. The minimum Gasteiger partial charge on any atom is -0.497 e. The lowest BCUT2D eigenvalue weighted by atomic mass is 10.0. The summed E-state index contributed by atoms with van der Waals surface area (Å²) in [5.41, 5.74) is 0.869. The first-order valence-corrected chi connectivity index (χ1v) is 10.2. The molecule has 170 valence electrons. The van der Waals surface area contributed by atoms with Crippen molar-refractivity contribution in [2.45, 2.75) is 50.8 Å². The van der Waals surface area contributed by atoms with Crippen molar-refractivity contribution in [3.63, 3.8) is 0 Å². The largest absolute Gasteiger partial charge is 0.497 e. The number of benzene rings is 1. The van der Waals surface area contributed by atoms with Gasteiger partial charge in [-0.2, -0.15) is 0 Å². The molecule has 31 heavy (non-hydrogen) atoms. The number of fused-ring (bicyclic) bond motifs is 2. The van der Waals surface area contributed by atoms with Crippen LogP contribution in [0.2, 0.25) is 0 Å². The zero-order valence-electron chi connectivity index (χ0n) is 18.3. The van der Waals surface area contributed by atoms with Crippen molar-refractivity contribution in [1.29, 1.82) is 0 Å². The maximum Gasteiger partial charge on any atom is 0.342 e. The lowest BCUT2D eigenvalue weighted by molar-refractivity contribution is -0.152. The zero-order valence-corrected chi connectivity index (χ0v) is 18.3. The van der Waals surface area contributed by atoms with Crippen molar-refractivity contribution in [3.8, 4) is 11.5 Å². The summed E-state index contributed by atoms with van der Waals surface area (Å²) in [6.07, 6.45) is 6.31. The molecule has 2 aliphatic heterocycles. The van der Waals surface area contributed by atoms with Gasteiger partial charge < -0.3 is 33.5 Å². The predicted molar refractivity (Wildman–Crippen MR) is 113 cm³/mol. The molecule has 2 heterocycles. The van der Waals surface area contributed by atoms with Crippen LogP contribution in [0.3, 0.4) is 0 Å². The highest BCUT2D eigenvalue weighted by atomic mass is 16.8. The van der Waals surface area contributed by atoms with E-state index in [0.29, 0.717) is 29.9 Å². The molecule has 1 aromatic rings. The highest BCUT2D eigenvalue weighted by Crippen LogP contribution is 2.34. The van der Waals surface area contributed by atoms with E-state index in [9.17, 15) is 9.90 Å². The number of carbonyl (C=O) groups excluding carboxylic acids is 1. The number of rotatable bonds is 4. The first-order valence-electron chi connectivity index (χ1n) is 10.2. The lowest BCUT2D eigenvalue weighted by Gasteiger charge is -2.20. The van der Waals surface area contributed by atoms with Crippen molar-refractivity contribution in [2.24, 2.45) is 0 Å². The Balaban J connectivity index is 1.98. The Labute approximate surface area is 182 Å². The van der Waals surface area contributed by atoms with Crippen LogP contribution < -0.4 is 9.47 Å². The molecule has 1 aromatic carbocycles. The second kappa shape index (κ2) is 10.3. The lowest BCUT2D eigenvalue weighted by Crippen LogP contribution is -2.34. The number of hydrogen-bond donors (Lipinski definition) is 1. The van der Waals surface area contributed by atoms with Gasteiger partial charge in [0.25, 0.3) is 0 Å². The minimum atomic E-state index is -0.833. The van der Waals surface area contributed by atoms with Gasteiger partial charge in [-0.25, -0.2) is 4.79 Å². The van der Waals surface area contributed by atoms with Gasteiger partial charge >= 0.3 is 5.97 Å². The molecule has 2 aliphatic rings. The summed E-state index contributed by atoms with van der Waals surface area (Å²) in [6, 6.07) is 3.36. The molecule has 0 aromatic heterocycles. The number of ether oxygens (including phenoxy) is 6. The van der Waals surface area contributed by atoms with Crippen molar-refractivity contribution in [2.75, 3.05) is 27.6 Å². The molecule has 0 radical (unpaired) electrons. The molecule has 1 saturated heterocycles. The smallest absolute Gasteiger partial charge is 0.342 e. The zero-order chi connectivity index (χ0) is 22.4. The van der Waals surface area contributed by atoms with Crippen molar-refractivity contribution >= 4 is 12.0 Å². The molecular formula is C23H30O8. The van der Waals surface area contributed by atoms with Crippen LogP contribution in [0, 0.1) is 0 Å². The maximum absolute atomic E-state index is 12.9. The van der Waals surface area contributed by atoms with Gasteiger partial charge in [0.15, 0.2) is 12.6 Å². The molecule has 0 amide bonds. The van der Waals surface area contributed by atoms with Crippen LogP contribution in [-0.2, 0) is 18.9 Å². The molecule has 8 nitrogen and oxygen atoms in total. The van der Waals surface area contributed by atoms with Crippen LogP contribution in [0.25, 0.3) is 6.08 Å². The summed E-state index contributed by atoms with van der Waals surface area (Å²) >= 11 is 0. The Morgan fingerprint density at radius 2 is 2.00 bits per heavy atom. The highest BCUT2D eigenvalue weighted by Gasteiger charge is 2.43. The Hall–Kier alpha value is -2.39. The van der Waals surface area contributed by atoms with E-state index in [1.807, 2.05) is 19.9 Å². The molecule has 0 saturated carbocycles. The fourth-order valence-electron chi connectivity index (χ4n) is 3.62. The van der Waals surface area contributed by atoms with Crippen LogP contribution in [0.5, 0.6) is 11.5 Å². The SMILES string of the molecule is COCOc1cc(OC)cc2c1C(=O)OCC/C=C\C(O)[C@H]1OC(C)(C)O[C@@H]1C/C=C/2. The van der Waals surface area contributed by atoms with Gasteiger partial charge in [-0.15, -0.1) is 0 Å². The van der Waals surface area contributed by atoms with Gasteiger partial charge in [-0.05, 0) is 38.3 Å². The van der Waals surface area contributed by atoms with Crippen LogP contribution in [0.15, 0.2) is 30.4 Å². The van der Waals surface area contributed by atoms with Crippen LogP contribution >= 0.6 is 0 Å². The van der Waals surface area contributed by atoms with Crippen molar-refractivity contribution in [3.05, 3.63) is 41.5 Å². The fraction of sp³-hybridized carbons (Fsp3) is 0.522. The molecule has 3 atom stereocenters. The summed E-state index contributed by atoms with van der Waals surface area (Å²) in [5.74, 6) is -0.476. The van der Waals surface area contributed by atoms with E-state index in [0.717, 1.165) is 0 Å². The number of methoxy groups -OCH3 is 2. The van der Waals surface area contributed by atoms with Crippen LogP contribution in [-0.4, -0.2) is 62.8 Å². The Morgan fingerprint density at radius 3 is 2.74 bits per heavy atom. The molecule has 1 fully saturated rings. The molecule has 1 unspecified atom stereocenters. The second-order valence-electron chi connectivity index (χ2n) is 7.76. The number of aliphatic hydroxyl groups excluding tert-OH is 1. The topological polar surface area (TPSA) is 92.7 Å². The average Bonchev–Trinajstić information content (AvgIpc) is 3.05. The second-order valence-corrected chi connectivity index (χ2v) is 7.76. The molecule has 3 rings (SSSR count). The standard InChI is InChI=1S/C23H30O8/c1-23(2)30-18-10-7-8-15-12-16(27-4)13-19(29-14-26-3)20(15)22(25)28-11-6-5-9-17(24)21(18)31-23/h5,7-9,12-13,17-18,21,24H,6,10-11,14H2,1-4H3/b8-7+,9-5-/t17?,18-,21-/m1/s1. The summed E-state index contributed by atoms with van der Waals surface area (Å²) in [5, 5.41) is 10.5. The molecular weight excluding hydrogens is 404 g/mol. The van der Waals surface area contributed by atoms with E-state index >= 15 is 0 Å². The number of carbonyl (C=O) groups is 1. The Morgan fingerprint density at radius 1 is 1.19 bits per heavy atom. The van der Waals surface area contributed by atoms with E-state index in [2.05, 4.69) is 0 Å². The van der Waals surface area contributed by atoms with Gasteiger partial charge in [0.1, 0.15) is 29.3 Å². The molecule has 0 aliphatic carbocycles. The monoisotopic (exact) mass is 434 g/mol.